The lowest BCUT2D eigenvalue weighted by Crippen LogP contribution is -2.12. The van der Waals surface area contributed by atoms with Gasteiger partial charge in [-0.3, -0.25) is 4.79 Å². The Labute approximate surface area is 81.1 Å². The number of rotatable bonds is 4. The summed E-state index contributed by atoms with van der Waals surface area (Å²) in [7, 11) is 0. The van der Waals surface area contributed by atoms with E-state index in [4.69, 9.17) is 9.84 Å². The van der Waals surface area contributed by atoms with E-state index in [0.29, 0.717) is 12.4 Å². The predicted octanol–water partition coefficient (Wildman–Crippen LogP) is 1.35. The van der Waals surface area contributed by atoms with Gasteiger partial charge in [0.2, 0.25) is 0 Å². The number of carbonyl (C=O) groups is 2. The monoisotopic (exact) mass is 194 g/mol. The fraction of sp³-hybridized carbons (Fsp3) is 0.200. The molecule has 1 rings (SSSR count). The Morgan fingerprint density at radius 3 is 2.29 bits per heavy atom. The molecule has 0 unspecified atom stereocenters. The van der Waals surface area contributed by atoms with Crippen molar-refractivity contribution in [2.45, 2.75) is 6.92 Å². The van der Waals surface area contributed by atoms with Crippen molar-refractivity contribution in [1.29, 1.82) is 0 Å². The Hall–Kier alpha value is -1.84. The molecule has 0 bridgehead atoms. The molecule has 1 aromatic carbocycles. The van der Waals surface area contributed by atoms with Crippen molar-refractivity contribution in [2.75, 3.05) is 6.61 Å². The molecule has 14 heavy (non-hydrogen) atoms. The summed E-state index contributed by atoms with van der Waals surface area (Å²) in [4.78, 5) is 21.3. The van der Waals surface area contributed by atoms with Crippen molar-refractivity contribution in [3.05, 3.63) is 29.8 Å². The Morgan fingerprint density at radius 2 is 1.86 bits per heavy atom. The second-order valence-corrected chi connectivity index (χ2v) is 2.59. The van der Waals surface area contributed by atoms with E-state index in [2.05, 4.69) is 0 Å². The molecule has 74 valence electrons. The number of hydrogen-bond donors (Lipinski definition) is 1. The molecule has 0 saturated heterocycles. The highest BCUT2D eigenvalue weighted by Gasteiger charge is 2.13. The number of Topliss-reactive ketones (excluding diaryl/α,β-unsaturated/α-hetero) is 1. The smallest absolute Gasteiger partial charge is 0.377 e. The summed E-state index contributed by atoms with van der Waals surface area (Å²) < 4.78 is 5.14. The molecule has 0 atom stereocenters. The van der Waals surface area contributed by atoms with Gasteiger partial charge in [-0.25, -0.2) is 4.79 Å². The summed E-state index contributed by atoms with van der Waals surface area (Å²) in [6.07, 6.45) is 0. The molecule has 0 saturated carbocycles. The quantitative estimate of drug-likeness (QED) is 0.580. The molecule has 0 heterocycles. The Kier molecular flexibility index (Phi) is 3.23. The highest BCUT2D eigenvalue weighted by molar-refractivity contribution is 6.39. The summed E-state index contributed by atoms with van der Waals surface area (Å²) >= 11 is 0. The fourth-order valence-corrected chi connectivity index (χ4v) is 0.993. The van der Waals surface area contributed by atoms with Crippen LogP contribution in [0.15, 0.2) is 24.3 Å². The highest BCUT2D eigenvalue weighted by atomic mass is 16.5. The average molecular weight is 194 g/mol. The second kappa shape index (κ2) is 4.41. The minimum Gasteiger partial charge on any atom is -0.494 e. The predicted molar refractivity (Wildman–Crippen MR) is 49.6 cm³/mol. The number of carbonyl (C=O) groups excluding carboxylic acids is 1. The summed E-state index contributed by atoms with van der Waals surface area (Å²) in [5, 5.41) is 8.43. The average Bonchev–Trinajstić information content (AvgIpc) is 2.18. The largest absolute Gasteiger partial charge is 0.494 e. The summed E-state index contributed by atoms with van der Waals surface area (Å²) in [5.41, 5.74) is 0.154. The summed E-state index contributed by atoms with van der Waals surface area (Å²) in [5.74, 6) is -1.74. The van der Waals surface area contributed by atoms with Crippen molar-refractivity contribution < 1.29 is 19.4 Å². The van der Waals surface area contributed by atoms with Gasteiger partial charge in [-0.2, -0.15) is 0 Å². The molecule has 1 N–H and O–H groups in total. The number of hydrogen-bond acceptors (Lipinski definition) is 3. The Bertz CT molecular complexity index is 340. The van der Waals surface area contributed by atoms with Crippen LogP contribution in [0.5, 0.6) is 5.75 Å². The van der Waals surface area contributed by atoms with Crippen LogP contribution in [-0.2, 0) is 4.79 Å². The van der Waals surface area contributed by atoms with Gasteiger partial charge in [0.1, 0.15) is 5.75 Å². The van der Waals surface area contributed by atoms with E-state index in [1.165, 1.54) is 12.1 Å². The molecule has 0 aliphatic rings. The van der Waals surface area contributed by atoms with E-state index >= 15 is 0 Å². The van der Waals surface area contributed by atoms with Crippen molar-refractivity contribution >= 4 is 11.8 Å². The first-order valence-electron chi connectivity index (χ1n) is 4.15. The van der Waals surface area contributed by atoms with Gasteiger partial charge in [-0.15, -0.1) is 0 Å². The van der Waals surface area contributed by atoms with Gasteiger partial charge in [0.15, 0.2) is 0 Å². The number of benzene rings is 1. The first-order valence-corrected chi connectivity index (χ1v) is 4.15. The second-order valence-electron chi connectivity index (χ2n) is 2.59. The van der Waals surface area contributed by atoms with Gasteiger partial charge in [-0.05, 0) is 31.2 Å². The van der Waals surface area contributed by atoms with Crippen molar-refractivity contribution in [3.8, 4) is 5.75 Å². The number of carboxylic acid groups (broad SMARTS) is 1. The van der Waals surface area contributed by atoms with Crippen LogP contribution in [0.25, 0.3) is 0 Å². The first kappa shape index (κ1) is 10.2. The zero-order valence-electron chi connectivity index (χ0n) is 7.69. The van der Waals surface area contributed by atoms with Crippen LogP contribution in [0.1, 0.15) is 17.3 Å². The van der Waals surface area contributed by atoms with Gasteiger partial charge in [0, 0.05) is 5.56 Å². The van der Waals surface area contributed by atoms with Crippen LogP contribution in [0.3, 0.4) is 0 Å². The first-order chi connectivity index (χ1) is 6.65. The maximum absolute atomic E-state index is 11.0. The molecule has 4 nitrogen and oxygen atoms in total. The third kappa shape index (κ3) is 2.32. The lowest BCUT2D eigenvalue weighted by atomic mass is 10.1. The molecule has 0 aromatic heterocycles. The minimum atomic E-state index is -1.45. The van der Waals surface area contributed by atoms with Crippen molar-refractivity contribution in [1.82, 2.24) is 0 Å². The van der Waals surface area contributed by atoms with E-state index in [0.717, 1.165) is 0 Å². The lowest BCUT2D eigenvalue weighted by molar-refractivity contribution is -0.131. The van der Waals surface area contributed by atoms with Crippen LogP contribution in [-0.4, -0.2) is 23.5 Å². The molecular weight excluding hydrogens is 184 g/mol. The summed E-state index contributed by atoms with van der Waals surface area (Å²) in [6, 6.07) is 6.00. The van der Waals surface area contributed by atoms with Crippen LogP contribution >= 0.6 is 0 Å². The molecular formula is C10H10O4. The maximum atomic E-state index is 11.0. The van der Waals surface area contributed by atoms with E-state index in [1.807, 2.05) is 6.92 Å². The van der Waals surface area contributed by atoms with Gasteiger partial charge in [-0.1, -0.05) is 0 Å². The van der Waals surface area contributed by atoms with Gasteiger partial charge in [0.05, 0.1) is 6.61 Å². The van der Waals surface area contributed by atoms with E-state index in [9.17, 15) is 9.59 Å². The molecule has 0 spiro atoms. The molecule has 0 radical (unpaired) electrons. The molecule has 1 aromatic rings. The normalized spacial score (nSPS) is 9.50. The minimum absolute atomic E-state index is 0.154. The van der Waals surface area contributed by atoms with Gasteiger partial charge < -0.3 is 9.84 Å². The molecule has 0 amide bonds. The zero-order valence-corrected chi connectivity index (χ0v) is 7.69. The maximum Gasteiger partial charge on any atom is 0.377 e. The highest BCUT2D eigenvalue weighted by Crippen LogP contribution is 2.12. The van der Waals surface area contributed by atoms with E-state index < -0.39 is 11.8 Å². The van der Waals surface area contributed by atoms with Gasteiger partial charge in [0.25, 0.3) is 5.78 Å². The SMILES string of the molecule is CCOc1ccc(C(=O)C(=O)O)cc1. The van der Waals surface area contributed by atoms with Crippen molar-refractivity contribution in [2.24, 2.45) is 0 Å². The zero-order chi connectivity index (χ0) is 10.6. The molecule has 4 heteroatoms. The number of carboxylic acids is 1. The molecule has 0 aliphatic carbocycles. The standard InChI is InChI=1S/C10H10O4/c1-2-14-8-5-3-7(4-6-8)9(11)10(12)13/h3-6H,2H2,1H3,(H,12,13). The number of ketones is 1. The molecule has 0 aliphatic heterocycles. The van der Waals surface area contributed by atoms with Crippen LogP contribution in [0.2, 0.25) is 0 Å². The Balaban J connectivity index is 2.83. The van der Waals surface area contributed by atoms with E-state index in [1.54, 1.807) is 12.1 Å². The fourth-order valence-electron chi connectivity index (χ4n) is 0.993. The van der Waals surface area contributed by atoms with Gasteiger partial charge >= 0.3 is 5.97 Å². The third-order valence-corrected chi connectivity index (χ3v) is 1.62. The van der Waals surface area contributed by atoms with Crippen LogP contribution in [0.4, 0.5) is 0 Å². The number of aliphatic carboxylic acids is 1. The van der Waals surface area contributed by atoms with Crippen LogP contribution in [0, 0.1) is 0 Å². The summed E-state index contributed by atoms with van der Waals surface area (Å²) in [6.45, 7) is 2.38. The topological polar surface area (TPSA) is 63.6 Å². The number of ether oxygens (including phenoxy) is 1. The lowest BCUT2D eigenvalue weighted by Gasteiger charge is -2.02. The molecule has 0 fully saturated rings. The van der Waals surface area contributed by atoms with Crippen molar-refractivity contribution in [3.63, 3.8) is 0 Å². The Morgan fingerprint density at radius 1 is 1.29 bits per heavy atom. The van der Waals surface area contributed by atoms with Crippen LogP contribution < -0.4 is 4.74 Å². The van der Waals surface area contributed by atoms with E-state index in [-0.39, 0.29) is 5.56 Å². The third-order valence-electron chi connectivity index (χ3n) is 1.62.